The first-order chi connectivity index (χ1) is 13.0. The molecular formula is C20H26N6O. The molecule has 0 N–H and O–H groups in total. The Kier molecular flexibility index (Phi) is 4.78. The predicted molar refractivity (Wildman–Crippen MR) is 102 cm³/mol. The van der Waals surface area contributed by atoms with Crippen molar-refractivity contribution in [3.05, 3.63) is 47.1 Å². The summed E-state index contributed by atoms with van der Waals surface area (Å²) in [6.07, 6.45) is 7.48. The van der Waals surface area contributed by atoms with Crippen LogP contribution in [0, 0.1) is 20.8 Å². The fourth-order valence-electron chi connectivity index (χ4n) is 3.95. The largest absolute Gasteiger partial charge is 0.361 e. The summed E-state index contributed by atoms with van der Waals surface area (Å²) in [6, 6.07) is 2.39. The number of imidazole rings is 1. The van der Waals surface area contributed by atoms with Crippen LogP contribution in [0.3, 0.4) is 0 Å². The van der Waals surface area contributed by atoms with E-state index in [1.807, 2.05) is 38.7 Å². The van der Waals surface area contributed by atoms with Gasteiger partial charge in [0.05, 0.1) is 35.0 Å². The van der Waals surface area contributed by atoms with Crippen LogP contribution < -0.4 is 0 Å². The Hall–Kier alpha value is -2.54. The highest BCUT2D eigenvalue weighted by Gasteiger charge is 2.27. The topological polar surface area (TPSA) is 72.9 Å². The Bertz CT molecular complexity index is 924. The molecule has 3 aromatic heterocycles. The number of nitrogens with zero attached hydrogens (tertiary/aromatic N) is 6. The first kappa shape index (κ1) is 17.9. The van der Waals surface area contributed by atoms with Gasteiger partial charge in [-0.3, -0.25) is 4.90 Å². The monoisotopic (exact) mass is 366 g/mol. The van der Waals surface area contributed by atoms with Crippen LogP contribution in [0.25, 0.3) is 11.4 Å². The quantitative estimate of drug-likeness (QED) is 0.703. The zero-order valence-electron chi connectivity index (χ0n) is 16.4. The maximum atomic E-state index is 5.33. The van der Waals surface area contributed by atoms with E-state index in [1.165, 1.54) is 12.8 Å². The van der Waals surface area contributed by atoms with Crippen LogP contribution in [0.1, 0.15) is 53.8 Å². The second-order valence-corrected chi connectivity index (χ2v) is 7.47. The summed E-state index contributed by atoms with van der Waals surface area (Å²) in [5.74, 6) is 1.47. The molecule has 0 bridgehead atoms. The average molecular weight is 366 g/mol. The second-order valence-electron chi connectivity index (χ2n) is 7.47. The number of hydrogen-bond acceptors (Lipinski definition) is 6. The molecule has 4 heterocycles. The standard InChI is InChI=1S/C20H26N6O/c1-13-9-17(23-20(22-13)19-14(2)24-27-15(19)3)18-7-5-6-8-26(18)11-16-10-25(4)12-21-16/h9-10,12,18H,5-8,11H2,1-4H3. The molecule has 7 heteroatoms. The van der Waals surface area contributed by atoms with Gasteiger partial charge in [0.2, 0.25) is 0 Å². The highest BCUT2D eigenvalue weighted by Crippen LogP contribution is 2.33. The van der Waals surface area contributed by atoms with Gasteiger partial charge in [-0.15, -0.1) is 0 Å². The zero-order chi connectivity index (χ0) is 19.0. The molecule has 0 spiro atoms. The molecule has 0 aliphatic carbocycles. The van der Waals surface area contributed by atoms with E-state index in [0.717, 1.165) is 53.6 Å². The first-order valence-corrected chi connectivity index (χ1v) is 9.51. The number of aryl methyl sites for hydroxylation is 4. The van der Waals surface area contributed by atoms with Gasteiger partial charge < -0.3 is 9.09 Å². The minimum atomic E-state index is 0.279. The summed E-state index contributed by atoms with van der Waals surface area (Å²) in [7, 11) is 2.01. The number of rotatable bonds is 4. The fourth-order valence-corrected chi connectivity index (χ4v) is 3.95. The van der Waals surface area contributed by atoms with Crippen LogP contribution in [0.15, 0.2) is 23.1 Å². The Morgan fingerprint density at radius 3 is 2.74 bits per heavy atom. The Balaban J connectivity index is 1.68. The molecule has 1 atom stereocenters. The zero-order valence-corrected chi connectivity index (χ0v) is 16.4. The number of hydrogen-bond donors (Lipinski definition) is 0. The van der Waals surface area contributed by atoms with Crippen molar-refractivity contribution >= 4 is 0 Å². The maximum Gasteiger partial charge on any atom is 0.165 e. The highest BCUT2D eigenvalue weighted by molar-refractivity contribution is 5.60. The molecule has 1 aliphatic heterocycles. The van der Waals surface area contributed by atoms with Crippen molar-refractivity contribution in [3.63, 3.8) is 0 Å². The molecule has 27 heavy (non-hydrogen) atoms. The van der Waals surface area contributed by atoms with Crippen LogP contribution in [-0.4, -0.2) is 36.1 Å². The normalized spacial score (nSPS) is 18.1. The third-order valence-corrected chi connectivity index (χ3v) is 5.21. The van der Waals surface area contributed by atoms with E-state index in [4.69, 9.17) is 9.51 Å². The minimum Gasteiger partial charge on any atom is -0.361 e. The van der Waals surface area contributed by atoms with Crippen LogP contribution in [-0.2, 0) is 13.6 Å². The second kappa shape index (κ2) is 7.23. The molecule has 3 aromatic rings. The van der Waals surface area contributed by atoms with Gasteiger partial charge in [0.1, 0.15) is 5.76 Å². The molecule has 1 fully saturated rings. The Morgan fingerprint density at radius 1 is 1.19 bits per heavy atom. The van der Waals surface area contributed by atoms with E-state index in [9.17, 15) is 0 Å². The number of aromatic nitrogens is 5. The molecule has 7 nitrogen and oxygen atoms in total. The van der Waals surface area contributed by atoms with E-state index >= 15 is 0 Å². The summed E-state index contributed by atoms with van der Waals surface area (Å²) in [6.45, 7) is 7.78. The van der Waals surface area contributed by atoms with Crippen molar-refractivity contribution in [2.24, 2.45) is 7.05 Å². The predicted octanol–water partition coefficient (Wildman–Crippen LogP) is 3.52. The SMILES string of the molecule is Cc1cc(C2CCCCN2Cc2cn(C)cn2)nc(-c2c(C)noc2C)n1. The lowest BCUT2D eigenvalue weighted by molar-refractivity contribution is 0.135. The maximum absolute atomic E-state index is 5.33. The van der Waals surface area contributed by atoms with Gasteiger partial charge in [-0.25, -0.2) is 15.0 Å². The molecule has 0 saturated carbocycles. The molecule has 0 amide bonds. The van der Waals surface area contributed by atoms with Gasteiger partial charge in [0.25, 0.3) is 0 Å². The van der Waals surface area contributed by atoms with Crippen LogP contribution >= 0.6 is 0 Å². The lowest BCUT2D eigenvalue weighted by atomic mass is 9.98. The molecule has 1 aliphatic rings. The molecule has 1 unspecified atom stereocenters. The van der Waals surface area contributed by atoms with Crippen LogP contribution in [0.4, 0.5) is 0 Å². The van der Waals surface area contributed by atoms with Gasteiger partial charge in [0.15, 0.2) is 5.82 Å². The Morgan fingerprint density at radius 2 is 2.04 bits per heavy atom. The van der Waals surface area contributed by atoms with Gasteiger partial charge >= 0.3 is 0 Å². The highest BCUT2D eigenvalue weighted by atomic mass is 16.5. The van der Waals surface area contributed by atoms with E-state index < -0.39 is 0 Å². The van der Waals surface area contributed by atoms with Gasteiger partial charge in [-0.2, -0.15) is 0 Å². The summed E-state index contributed by atoms with van der Waals surface area (Å²) < 4.78 is 7.33. The lowest BCUT2D eigenvalue weighted by Gasteiger charge is -2.35. The van der Waals surface area contributed by atoms with Gasteiger partial charge in [-0.1, -0.05) is 11.6 Å². The minimum absolute atomic E-state index is 0.279. The number of likely N-dealkylation sites (tertiary alicyclic amines) is 1. The van der Waals surface area contributed by atoms with E-state index in [0.29, 0.717) is 5.82 Å². The average Bonchev–Trinajstić information content (AvgIpc) is 3.19. The smallest absolute Gasteiger partial charge is 0.165 e. The molecular weight excluding hydrogens is 340 g/mol. The summed E-state index contributed by atoms with van der Waals surface area (Å²) >= 11 is 0. The fraction of sp³-hybridized carbons (Fsp3) is 0.500. The molecule has 1 saturated heterocycles. The van der Waals surface area contributed by atoms with Crippen molar-refractivity contribution in [1.29, 1.82) is 0 Å². The van der Waals surface area contributed by atoms with E-state index in [-0.39, 0.29) is 6.04 Å². The number of piperidine rings is 1. The first-order valence-electron chi connectivity index (χ1n) is 9.51. The van der Waals surface area contributed by atoms with Crippen molar-refractivity contribution in [2.45, 2.75) is 52.6 Å². The van der Waals surface area contributed by atoms with Crippen molar-refractivity contribution in [3.8, 4) is 11.4 Å². The van der Waals surface area contributed by atoms with Crippen molar-refractivity contribution in [1.82, 2.24) is 29.6 Å². The van der Waals surface area contributed by atoms with E-state index in [2.05, 4.69) is 32.3 Å². The lowest BCUT2D eigenvalue weighted by Crippen LogP contribution is -2.33. The third kappa shape index (κ3) is 3.64. The third-order valence-electron chi connectivity index (χ3n) is 5.21. The summed E-state index contributed by atoms with van der Waals surface area (Å²) in [5.41, 5.74) is 4.89. The van der Waals surface area contributed by atoms with Crippen LogP contribution in [0.5, 0.6) is 0 Å². The van der Waals surface area contributed by atoms with Crippen molar-refractivity contribution in [2.75, 3.05) is 6.54 Å². The van der Waals surface area contributed by atoms with Gasteiger partial charge in [-0.05, 0) is 46.2 Å². The van der Waals surface area contributed by atoms with Gasteiger partial charge in [0, 0.05) is 25.5 Å². The summed E-state index contributed by atoms with van der Waals surface area (Å²) in [5, 5.41) is 4.06. The molecule has 0 aromatic carbocycles. The molecule has 4 rings (SSSR count). The van der Waals surface area contributed by atoms with E-state index in [1.54, 1.807) is 0 Å². The molecule has 142 valence electrons. The molecule has 0 radical (unpaired) electrons. The Labute approximate surface area is 159 Å². The summed E-state index contributed by atoms with van der Waals surface area (Å²) in [4.78, 5) is 16.6. The van der Waals surface area contributed by atoms with Crippen molar-refractivity contribution < 1.29 is 4.52 Å². The van der Waals surface area contributed by atoms with Crippen LogP contribution in [0.2, 0.25) is 0 Å².